The molecule has 9 heteroatoms. The zero-order valence-corrected chi connectivity index (χ0v) is 26.0. The van der Waals surface area contributed by atoms with Gasteiger partial charge < -0.3 is 19.3 Å². The summed E-state index contributed by atoms with van der Waals surface area (Å²) in [5.74, 6) is 0.830. The van der Waals surface area contributed by atoms with Crippen LogP contribution in [0.3, 0.4) is 0 Å². The van der Waals surface area contributed by atoms with E-state index in [0.29, 0.717) is 42.0 Å². The summed E-state index contributed by atoms with van der Waals surface area (Å²) < 4.78 is 12.3. The van der Waals surface area contributed by atoms with Crippen molar-refractivity contribution in [3.05, 3.63) is 164 Å². The van der Waals surface area contributed by atoms with Gasteiger partial charge in [-0.25, -0.2) is 0 Å². The molecule has 0 aromatic heterocycles. The molecule has 0 saturated heterocycles. The average molecular weight is 634 g/mol. The maximum atomic E-state index is 14.3. The van der Waals surface area contributed by atoms with Gasteiger partial charge in [-0.2, -0.15) is 0 Å². The number of fused-ring (bicyclic) bond motifs is 1. The lowest BCUT2D eigenvalue weighted by atomic mass is 9.98. The molecule has 5 aromatic rings. The molecule has 5 aromatic carbocycles. The lowest BCUT2D eigenvalue weighted by molar-refractivity contribution is -0.384. The Balaban J connectivity index is 1.46. The van der Waals surface area contributed by atoms with Gasteiger partial charge in [0.1, 0.15) is 12.8 Å². The molecule has 0 spiro atoms. The van der Waals surface area contributed by atoms with Crippen molar-refractivity contribution in [2.24, 2.45) is 0 Å². The monoisotopic (exact) mass is 633 g/mol. The molecule has 1 atom stereocenters. The van der Waals surface area contributed by atoms with Crippen molar-refractivity contribution in [3.63, 3.8) is 0 Å². The van der Waals surface area contributed by atoms with Crippen LogP contribution in [0.1, 0.15) is 45.7 Å². The van der Waals surface area contributed by atoms with Gasteiger partial charge in [0.15, 0.2) is 11.5 Å². The van der Waals surface area contributed by atoms with Crippen molar-refractivity contribution < 1.29 is 19.2 Å². The van der Waals surface area contributed by atoms with E-state index in [2.05, 4.69) is 4.90 Å². The lowest BCUT2D eigenvalue weighted by Gasteiger charge is -2.46. The normalized spacial score (nSPS) is 14.1. The van der Waals surface area contributed by atoms with Crippen LogP contribution < -0.4 is 14.4 Å². The van der Waals surface area contributed by atoms with E-state index in [-0.39, 0.29) is 23.7 Å². The number of anilines is 1. The highest BCUT2D eigenvalue weighted by Crippen LogP contribution is 2.44. The van der Waals surface area contributed by atoms with E-state index < -0.39 is 11.1 Å². The van der Waals surface area contributed by atoms with Crippen LogP contribution in [0.2, 0.25) is 5.02 Å². The molecule has 0 bridgehead atoms. The molecule has 0 unspecified atom stereocenters. The van der Waals surface area contributed by atoms with Gasteiger partial charge in [0.2, 0.25) is 0 Å². The van der Waals surface area contributed by atoms with Gasteiger partial charge in [-0.1, -0.05) is 90.5 Å². The quantitative estimate of drug-likeness (QED) is 0.107. The number of carbonyl (C=O) groups excluding carboxylic acids is 1. The molecule has 46 heavy (non-hydrogen) atoms. The number of hydrogen-bond donors (Lipinski definition) is 0. The number of carbonyl (C=O) groups is 1. The second-order valence-corrected chi connectivity index (χ2v) is 11.4. The number of non-ortho nitro benzene ring substituents is 1. The van der Waals surface area contributed by atoms with E-state index in [0.717, 1.165) is 22.3 Å². The average Bonchev–Trinajstić information content (AvgIpc) is 3.08. The summed E-state index contributed by atoms with van der Waals surface area (Å²) in [6.45, 7) is 3.39. The van der Waals surface area contributed by atoms with E-state index in [9.17, 15) is 14.9 Å². The topological polar surface area (TPSA) is 85.1 Å². The number of nitro benzene ring substituents is 1. The van der Waals surface area contributed by atoms with Gasteiger partial charge in [-0.15, -0.1) is 0 Å². The minimum atomic E-state index is -0.564. The highest BCUT2D eigenvalue weighted by Gasteiger charge is 2.40. The highest BCUT2D eigenvalue weighted by molar-refractivity contribution is 6.30. The maximum Gasteiger partial charge on any atom is 0.270 e. The Bertz CT molecular complexity index is 1830. The van der Waals surface area contributed by atoms with E-state index in [1.165, 1.54) is 12.1 Å². The molecule has 1 heterocycles. The standard InChI is InChI=1S/C37H32ClN3O5/c1-2-45-35-21-29(15-20-34(35)46-25-28-13-16-30(38)17-14-28)36-39(23-26-9-5-3-6-10-26)33-19-18-31(41(43)44)22-32(33)37(42)40(36)24-27-11-7-4-8-12-27/h3-22,36H,2,23-25H2,1H3/t36-/m1/s1. The number of benzene rings is 5. The Labute approximate surface area is 272 Å². The third-order valence-corrected chi connectivity index (χ3v) is 8.10. The highest BCUT2D eigenvalue weighted by atomic mass is 35.5. The van der Waals surface area contributed by atoms with Gasteiger partial charge in [-0.05, 0) is 59.5 Å². The molecule has 0 fully saturated rings. The van der Waals surface area contributed by atoms with E-state index in [1.807, 2.05) is 110 Å². The molecule has 8 nitrogen and oxygen atoms in total. The number of ether oxygens (including phenoxy) is 2. The lowest BCUT2D eigenvalue weighted by Crippen LogP contribution is -2.48. The predicted molar refractivity (Wildman–Crippen MR) is 178 cm³/mol. The van der Waals surface area contributed by atoms with Gasteiger partial charge >= 0.3 is 0 Å². The van der Waals surface area contributed by atoms with Crippen LogP contribution in [0.25, 0.3) is 0 Å². The van der Waals surface area contributed by atoms with Gasteiger partial charge in [0.05, 0.1) is 22.8 Å². The van der Waals surface area contributed by atoms with Gasteiger partial charge in [0.25, 0.3) is 11.6 Å². The van der Waals surface area contributed by atoms with Crippen molar-refractivity contribution in [1.82, 2.24) is 4.90 Å². The zero-order chi connectivity index (χ0) is 32.0. The third kappa shape index (κ3) is 6.67. The Morgan fingerprint density at radius 1 is 0.739 bits per heavy atom. The molecule has 0 radical (unpaired) electrons. The summed E-state index contributed by atoms with van der Waals surface area (Å²) in [6.07, 6.45) is -0.564. The van der Waals surface area contributed by atoms with Crippen molar-refractivity contribution in [2.45, 2.75) is 32.8 Å². The molecule has 6 rings (SSSR count). The van der Waals surface area contributed by atoms with Crippen LogP contribution in [0.4, 0.5) is 11.4 Å². The number of nitro groups is 1. The summed E-state index contributed by atoms with van der Waals surface area (Å²) >= 11 is 6.05. The fraction of sp³-hybridized carbons (Fsp3) is 0.162. The first kappa shape index (κ1) is 30.7. The van der Waals surface area contributed by atoms with Crippen molar-refractivity contribution in [3.8, 4) is 11.5 Å². The summed E-state index contributed by atoms with van der Waals surface area (Å²) in [7, 11) is 0. The summed E-state index contributed by atoms with van der Waals surface area (Å²) in [5, 5.41) is 12.4. The molecule has 1 aliphatic rings. The van der Waals surface area contributed by atoms with Crippen LogP contribution in [-0.2, 0) is 19.7 Å². The molecule has 232 valence electrons. The van der Waals surface area contributed by atoms with Crippen molar-refractivity contribution in [2.75, 3.05) is 11.5 Å². The first-order valence-electron chi connectivity index (χ1n) is 15.0. The Kier molecular flexibility index (Phi) is 9.17. The third-order valence-electron chi connectivity index (χ3n) is 7.85. The molecule has 0 saturated carbocycles. The van der Waals surface area contributed by atoms with E-state index >= 15 is 0 Å². The molecular weight excluding hydrogens is 602 g/mol. The minimum absolute atomic E-state index is 0.134. The predicted octanol–water partition coefficient (Wildman–Crippen LogP) is 8.59. The Hall–Kier alpha value is -5.34. The van der Waals surface area contributed by atoms with Crippen LogP contribution >= 0.6 is 11.6 Å². The SMILES string of the molecule is CCOc1cc([C@H]2N(Cc3ccccc3)C(=O)c3cc([N+](=O)[O-])ccc3N2Cc2ccccc2)ccc1OCc1ccc(Cl)cc1. The maximum absolute atomic E-state index is 14.3. The van der Waals surface area contributed by atoms with Crippen LogP contribution in [0, 0.1) is 10.1 Å². The van der Waals surface area contributed by atoms with E-state index in [1.54, 1.807) is 11.0 Å². The molecule has 1 amide bonds. The van der Waals surface area contributed by atoms with Crippen LogP contribution in [0.15, 0.2) is 121 Å². The van der Waals surface area contributed by atoms with Gasteiger partial charge in [-0.3, -0.25) is 14.9 Å². The summed E-state index contributed by atoms with van der Waals surface area (Å²) in [5.41, 5.74) is 4.50. The molecule has 0 N–H and O–H groups in total. The molecule has 0 aliphatic carbocycles. The van der Waals surface area contributed by atoms with Crippen LogP contribution in [-0.4, -0.2) is 22.3 Å². The van der Waals surface area contributed by atoms with Crippen molar-refractivity contribution in [1.29, 1.82) is 0 Å². The number of nitrogens with zero attached hydrogens (tertiary/aromatic N) is 3. The second kappa shape index (κ2) is 13.7. The largest absolute Gasteiger partial charge is 0.490 e. The minimum Gasteiger partial charge on any atom is -0.490 e. The first-order valence-corrected chi connectivity index (χ1v) is 15.4. The Morgan fingerprint density at radius 3 is 2.02 bits per heavy atom. The smallest absolute Gasteiger partial charge is 0.270 e. The van der Waals surface area contributed by atoms with Crippen molar-refractivity contribution >= 4 is 28.9 Å². The fourth-order valence-corrected chi connectivity index (χ4v) is 5.82. The molecule has 1 aliphatic heterocycles. The number of hydrogen-bond acceptors (Lipinski definition) is 6. The summed E-state index contributed by atoms with van der Waals surface area (Å²) in [4.78, 5) is 29.5. The fourth-order valence-electron chi connectivity index (χ4n) is 5.69. The molecular formula is C37H32ClN3O5. The zero-order valence-electron chi connectivity index (χ0n) is 25.2. The van der Waals surface area contributed by atoms with E-state index in [4.69, 9.17) is 21.1 Å². The number of halogens is 1. The van der Waals surface area contributed by atoms with Crippen LogP contribution in [0.5, 0.6) is 11.5 Å². The Morgan fingerprint density at radius 2 is 1.39 bits per heavy atom. The van der Waals surface area contributed by atoms with Gasteiger partial charge in [0, 0.05) is 30.2 Å². The number of rotatable bonds is 11. The number of amides is 1. The summed E-state index contributed by atoms with van der Waals surface area (Å²) in [6, 6.07) is 37.4. The first-order chi connectivity index (χ1) is 22.4. The second-order valence-electron chi connectivity index (χ2n) is 10.9.